The van der Waals surface area contributed by atoms with Crippen LogP contribution >= 0.6 is 11.3 Å². The number of fused-ring (bicyclic) bond motifs is 1. The molecule has 0 radical (unpaired) electrons. The molecule has 0 saturated heterocycles. The van der Waals surface area contributed by atoms with Gasteiger partial charge in [-0.05, 0) is 18.2 Å². The molecule has 1 aliphatic heterocycles. The summed E-state index contributed by atoms with van der Waals surface area (Å²) in [5.41, 5.74) is 2.95. The zero-order valence-corrected chi connectivity index (χ0v) is 17.6. The Hall–Kier alpha value is -3.78. The van der Waals surface area contributed by atoms with Crippen molar-refractivity contribution in [1.82, 2.24) is 9.88 Å². The molecule has 31 heavy (non-hydrogen) atoms. The van der Waals surface area contributed by atoms with Crippen LogP contribution < -0.4 is 4.90 Å². The van der Waals surface area contributed by atoms with E-state index in [1.165, 1.54) is 28.1 Å². The van der Waals surface area contributed by atoms with Gasteiger partial charge in [-0.1, -0.05) is 43.0 Å². The van der Waals surface area contributed by atoms with Gasteiger partial charge in [-0.2, -0.15) is 0 Å². The van der Waals surface area contributed by atoms with Crippen LogP contribution in [0.25, 0.3) is 5.70 Å². The average Bonchev–Trinajstić information content (AvgIpc) is 3.32. The molecule has 2 heterocycles. The molecule has 2 aromatic carbocycles. The molecule has 2 amide bonds. The number of esters is 1. The third kappa shape index (κ3) is 4.10. The lowest BCUT2D eigenvalue weighted by molar-refractivity contribution is -0.145. The topological polar surface area (TPSA) is 79.8 Å². The van der Waals surface area contributed by atoms with E-state index >= 15 is 0 Å². The summed E-state index contributed by atoms with van der Waals surface area (Å²) in [4.78, 5) is 44.2. The van der Waals surface area contributed by atoms with Crippen LogP contribution in [0.4, 0.5) is 10.8 Å². The normalized spacial score (nSPS) is 12.6. The third-order valence-electron chi connectivity index (χ3n) is 4.77. The number of hydrogen-bond acceptors (Lipinski definition) is 6. The highest BCUT2D eigenvalue weighted by molar-refractivity contribution is 7.14. The molecule has 0 atom stereocenters. The molecule has 0 aliphatic carbocycles. The van der Waals surface area contributed by atoms with Crippen LogP contribution in [-0.2, 0) is 20.9 Å². The Kier molecular flexibility index (Phi) is 5.64. The Morgan fingerprint density at radius 3 is 2.45 bits per heavy atom. The van der Waals surface area contributed by atoms with E-state index in [0.717, 1.165) is 5.56 Å². The summed E-state index contributed by atoms with van der Waals surface area (Å²) in [5.74, 6) is -1.01. The van der Waals surface area contributed by atoms with E-state index < -0.39 is 5.97 Å². The lowest BCUT2D eigenvalue weighted by Crippen LogP contribution is -2.30. The third-order valence-corrected chi connectivity index (χ3v) is 5.64. The standard InChI is InChI=1S/C23H19N3O4S/c1-15-19-10-6-7-11-20(19)22(29)25(15)12-21(28)30-13-17-14-31-23(24-17)26(16(2)27)18-8-4-3-5-9-18/h3-11,14H,1,12-13H2,2H3. The number of hydrogen-bond donors (Lipinski definition) is 0. The highest BCUT2D eigenvalue weighted by atomic mass is 32.1. The number of rotatable bonds is 6. The van der Waals surface area contributed by atoms with E-state index in [-0.39, 0.29) is 25.0 Å². The number of aromatic nitrogens is 1. The van der Waals surface area contributed by atoms with E-state index in [4.69, 9.17) is 4.74 Å². The van der Waals surface area contributed by atoms with Crippen LogP contribution in [0.3, 0.4) is 0 Å². The highest BCUT2D eigenvalue weighted by Gasteiger charge is 2.32. The van der Waals surface area contributed by atoms with Gasteiger partial charge in [-0.3, -0.25) is 24.2 Å². The fourth-order valence-electron chi connectivity index (χ4n) is 3.30. The lowest BCUT2D eigenvalue weighted by Gasteiger charge is -2.17. The van der Waals surface area contributed by atoms with Gasteiger partial charge in [0.15, 0.2) is 5.13 Å². The second-order valence-corrected chi connectivity index (χ2v) is 7.69. The second-order valence-electron chi connectivity index (χ2n) is 6.86. The van der Waals surface area contributed by atoms with Crippen molar-refractivity contribution in [2.24, 2.45) is 0 Å². The summed E-state index contributed by atoms with van der Waals surface area (Å²) in [7, 11) is 0. The van der Waals surface area contributed by atoms with Crippen molar-refractivity contribution in [3.63, 3.8) is 0 Å². The number of nitrogens with zero attached hydrogens (tertiary/aromatic N) is 3. The molecule has 8 heteroatoms. The summed E-state index contributed by atoms with van der Waals surface area (Å²) in [5, 5.41) is 2.22. The van der Waals surface area contributed by atoms with Crippen molar-refractivity contribution in [3.8, 4) is 0 Å². The van der Waals surface area contributed by atoms with Gasteiger partial charge in [0, 0.05) is 29.1 Å². The minimum absolute atomic E-state index is 0.0582. The highest BCUT2D eigenvalue weighted by Crippen LogP contribution is 2.31. The summed E-state index contributed by atoms with van der Waals surface area (Å²) in [6.07, 6.45) is 0. The number of para-hydroxylation sites is 1. The summed E-state index contributed by atoms with van der Waals surface area (Å²) < 4.78 is 5.31. The zero-order valence-electron chi connectivity index (χ0n) is 16.8. The van der Waals surface area contributed by atoms with Crippen LogP contribution in [-0.4, -0.2) is 34.2 Å². The van der Waals surface area contributed by atoms with Crippen LogP contribution in [0.5, 0.6) is 0 Å². The molecule has 0 spiro atoms. The van der Waals surface area contributed by atoms with E-state index in [1.807, 2.05) is 36.4 Å². The molecular weight excluding hydrogens is 414 g/mol. The van der Waals surface area contributed by atoms with Gasteiger partial charge in [-0.15, -0.1) is 11.3 Å². The molecule has 1 aliphatic rings. The first kappa shape index (κ1) is 20.5. The van der Waals surface area contributed by atoms with E-state index in [0.29, 0.717) is 27.8 Å². The van der Waals surface area contributed by atoms with Gasteiger partial charge in [-0.25, -0.2) is 4.98 Å². The average molecular weight is 433 g/mol. The van der Waals surface area contributed by atoms with Crippen molar-refractivity contribution in [3.05, 3.63) is 83.4 Å². The fraction of sp³-hybridized carbons (Fsp3) is 0.130. The maximum Gasteiger partial charge on any atom is 0.326 e. The molecule has 0 fully saturated rings. The second kappa shape index (κ2) is 8.53. The molecule has 0 N–H and O–H groups in total. The Morgan fingerprint density at radius 2 is 1.77 bits per heavy atom. The van der Waals surface area contributed by atoms with Gasteiger partial charge >= 0.3 is 5.97 Å². The number of anilines is 2. The fourth-order valence-corrected chi connectivity index (χ4v) is 4.17. The number of amides is 2. The van der Waals surface area contributed by atoms with Crippen molar-refractivity contribution in [1.29, 1.82) is 0 Å². The minimum atomic E-state index is -0.566. The number of ether oxygens (including phenoxy) is 1. The van der Waals surface area contributed by atoms with Crippen LogP contribution in [0, 0.1) is 0 Å². The smallest absolute Gasteiger partial charge is 0.326 e. The molecular formula is C23H19N3O4S. The largest absolute Gasteiger partial charge is 0.458 e. The van der Waals surface area contributed by atoms with E-state index in [2.05, 4.69) is 11.6 Å². The molecule has 0 unspecified atom stereocenters. The van der Waals surface area contributed by atoms with Gasteiger partial charge in [0.05, 0.1) is 11.4 Å². The number of benzene rings is 2. The molecule has 7 nitrogen and oxygen atoms in total. The van der Waals surface area contributed by atoms with Gasteiger partial charge in [0.2, 0.25) is 5.91 Å². The predicted octanol–water partition coefficient (Wildman–Crippen LogP) is 4.00. The monoisotopic (exact) mass is 433 g/mol. The number of carbonyl (C=O) groups is 3. The van der Waals surface area contributed by atoms with Crippen LogP contribution in [0.1, 0.15) is 28.5 Å². The Bertz CT molecular complexity index is 1140. The lowest BCUT2D eigenvalue weighted by atomic mass is 10.1. The van der Waals surface area contributed by atoms with Gasteiger partial charge in [0.1, 0.15) is 13.2 Å². The van der Waals surface area contributed by atoms with E-state index in [9.17, 15) is 14.4 Å². The molecule has 0 saturated carbocycles. The minimum Gasteiger partial charge on any atom is -0.458 e. The van der Waals surface area contributed by atoms with Crippen molar-refractivity contribution >= 4 is 45.6 Å². The molecule has 156 valence electrons. The Morgan fingerprint density at radius 1 is 1.10 bits per heavy atom. The maximum absolute atomic E-state index is 12.5. The Labute approximate surface area is 183 Å². The van der Waals surface area contributed by atoms with Crippen molar-refractivity contribution in [2.45, 2.75) is 13.5 Å². The van der Waals surface area contributed by atoms with Crippen molar-refractivity contribution < 1.29 is 19.1 Å². The van der Waals surface area contributed by atoms with E-state index in [1.54, 1.807) is 23.6 Å². The predicted molar refractivity (Wildman–Crippen MR) is 118 cm³/mol. The number of thiazole rings is 1. The van der Waals surface area contributed by atoms with Gasteiger partial charge in [0.25, 0.3) is 5.91 Å². The first-order valence-corrected chi connectivity index (χ1v) is 10.4. The quantitative estimate of drug-likeness (QED) is 0.549. The van der Waals surface area contributed by atoms with Crippen LogP contribution in [0.2, 0.25) is 0 Å². The SMILES string of the molecule is C=C1c2ccccc2C(=O)N1CC(=O)OCc1csc(N(C(C)=O)c2ccccc2)n1. The molecule has 4 rings (SSSR count). The summed E-state index contributed by atoms with van der Waals surface area (Å²) in [6.45, 7) is 5.09. The summed E-state index contributed by atoms with van der Waals surface area (Å²) in [6, 6.07) is 16.3. The molecule has 3 aromatic rings. The maximum atomic E-state index is 12.5. The van der Waals surface area contributed by atoms with Gasteiger partial charge < -0.3 is 4.74 Å². The molecule has 1 aromatic heterocycles. The Balaban J connectivity index is 1.39. The van der Waals surface area contributed by atoms with Crippen molar-refractivity contribution in [2.75, 3.05) is 11.4 Å². The number of carbonyl (C=O) groups excluding carboxylic acids is 3. The summed E-state index contributed by atoms with van der Waals surface area (Å²) >= 11 is 1.28. The first-order chi connectivity index (χ1) is 15.0. The zero-order chi connectivity index (χ0) is 22.0. The molecule has 0 bridgehead atoms. The first-order valence-electron chi connectivity index (χ1n) is 9.51. The van der Waals surface area contributed by atoms with Crippen LogP contribution in [0.15, 0.2) is 66.6 Å².